The Balaban J connectivity index is 1.56. The third-order valence-electron chi connectivity index (χ3n) is 8.22. The Morgan fingerprint density at radius 1 is 1.09 bits per heavy atom. The topological polar surface area (TPSA) is 46.7 Å². The zero-order chi connectivity index (χ0) is 15.3. The summed E-state index contributed by atoms with van der Waals surface area (Å²) in [5, 5.41) is 0. The van der Waals surface area contributed by atoms with Gasteiger partial charge in [0.1, 0.15) is 11.4 Å². The normalized spacial score (nSPS) is 58.6. The van der Waals surface area contributed by atoms with Crippen molar-refractivity contribution in [1.82, 2.24) is 0 Å². The van der Waals surface area contributed by atoms with Gasteiger partial charge >= 0.3 is 0 Å². The average molecular weight is 300 g/mol. The molecule has 4 aliphatic carbocycles. The smallest absolute Gasteiger partial charge is 0.187 e. The van der Waals surface area contributed by atoms with Crippen LogP contribution in [0, 0.1) is 28.6 Å². The fourth-order valence-corrected chi connectivity index (χ4v) is 6.84. The van der Waals surface area contributed by atoms with E-state index in [-0.39, 0.29) is 28.3 Å². The van der Waals surface area contributed by atoms with Crippen molar-refractivity contribution in [2.75, 3.05) is 0 Å². The number of hydrogen-bond acceptors (Lipinski definition) is 3. The van der Waals surface area contributed by atoms with E-state index in [1.54, 1.807) is 6.08 Å². The molecule has 0 aromatic rings. The fraction of sp³-hybridized carbons (Fsp3) is 0.789. The molecule has 0 bridgehead atoms. The number of hydrogen-bond donors (Lipinski definition) is 0. The Hall–Kier alpha value is -0.960. The Kier molecular flexibility index (Phi) is 2.29. The van der Waals surface area contributed by atoms with E-state index >= 15 is 0 Å². The summed E-state index contributed by atoms with van der Waals surface area (Å²) in [4.78, 5) is 24.4. The van der Waals surface area contributed by atoms with Gasteiger partial charge in [-0.05, 0) is 55.9 Å². The van der Waals surface area contributed by atoms with E-state index in [1.165, 1.54) is 0 Å². The van der Waals surface area contributed by atoms with Gasteiger partial charge in [0.15, 0.2) is 11.9 Å². The lowest BCUT2D eigenvalue weighted by Gasteiger charge is -2.56. The van der Waals surface area contributed by atoms with E-state index in [1.807, 2.05) is 0 Å². The van der Waals surface area contributed by atoms with Crippen LogP contribution >= 0.6 is 0 Å². The maximum absolute atomic E-state index is 12.4. The molecule has 5 rings (SSSR count). The van der Waals surface area contributed by atoms with Gasteiger partial charge in [0.25, 0.3) is 0 Å². The minimum Gasteiger partial charge on any atom is -0.356 e. The van der Waals surface area contributed by atoms with Crippen molar-refractivity contribution in [2.45, 2.75) is 64.1 Å². The van der Waals surface area contributed by atoms with Gasteiger partial charge in [-0.25, -0.2) is 0 Å². The van der Waals surface area contributed by atoms with Gasteiger partial charge in [0.2, 0.25) is 0 Å². The predicted molar refractivity (Wildman–Crippen MR) is 81.1 cm³/mol. The van der Waals surface area contributed by atoms with Crippen LogP contribution in [0.4, 0.5) is 0 Å². The maximum atomic E-state index is 12.4. The lowest BCUT2D eigenvalue weighted by atomic mass is 9.46. The standard InChI is InChI=1S/C19H24O3/c1-17-8-6-13-11(12(17)3-4-15(17)21)5-10-19-16(22-19)14(20)7-9-18(13,19)2/h7,9,11-13,16H,3-6,8,10H2,1-2H3/t11-,12-,13-,16-,17-,18+,19-/m0/s1. The molecule has 0 N–H and O–H groups in total. The van der Waals surface area contributed by atoms with E-state index in [9.17, 15) is 9.59 Å². The van der Waals surface area contributed by atoms with E-state index in [2.05, 4.69) is 19.9 Å². The number of fused-ring (bicyclic) bond motifs is 4. The first-order valence-corrected chi connectivity index (χ1v) is 8.87. The highest BCUT2D eigenvalue weighted by Gasteiger charge is 2.75. The van der Waals surface area contributed by atoms with Gasteiger partial charge in [0, 0.05) is 17.3 Å². The molecule has 1 aliphatic heterocycles. The average Bonchev–Trinajstić information content (AvgIpc) is 3.17. The summed E-state index contributed by atoms with van der Waals surface area (Å²) in [7, 11) is 0. The van der Waals surface area contributed by atoms with Crippen LogP contribution in [0.15, 0.2) is 12.2 Å². The Labute approximate surface area is 131 Å². The van der Waals surface area contributed by atoms with Crippen LogP contribution in [0.2, 0.25) is 0 Å². The van der Waals surface area contributed by atoms with Crippen molar-refractivity contribution >= 4 is 11.6 Å². The molecule has 7 atom stereocenters. The largest absolute Gasteiger partial charge is 0.356 e. The Morgan fingerprint density at radius 3 is 2.73 bits per heavy atom. The monoisotopic (exact) mass is 300 g/mol. The van der Waals surface area contributed by atoms with Gasteiger partial charge in [-0.1, -0.05) is 19.9 Å². The molecule has 22 heavy (non-hydrogen) atoms. The minimum absolute atomic E-state index is 0.0124. The molecule has 3 saturated carbocycles. The van der Waals surface area contributed by atoms with Crippen LogP contribution in [-0.4, -0.2) is 23.3 Å². The highest BCUT2D eigenvalue weighted by molar-refractivity contribution is 5.98. The zero-order valence-electron chi connectivity index (χ0n) is 13.4. The molecule has 0 radical (unpaired) electrons. The van der Waals surface area contributed by atoms with E-state index in [0.29, 0.717) is 23.5 Å². The summed E-state index contributed by atoms with van der Waals surface area (Å²) in [5.41, 5.74) is -0.294. The summed E-state index contributed by atoms with van der Waals surface area (Å²) in [5.74, 6) is 2.41. The molecular formula is C19H24O3. The second-order valence-electron chi connectivity index (χ2n) is 8.74. The number of ether oxygens (including phenoxy) is 1. The summed E-state index contributed by atoms with van der Waals surface area (Å²) < 4.78 is 6.01. The second-order valence-corrected chi connectivity index (χ2v) is 8.74. The van der Waals surface area contributed by atoms with Crippen LogP contribution in [0.5, 0.6) is 0 Å². The molecule has 4 fully saturated rings. The van der Waals surface area contributed by atoms with E-state index < -0.39 is 0 Å². The van der Waals surface area contributed by atoms with Crippen molar-refractivity contribution in [3.05, 3.63) is 12.2 Å². The molecular weight excluding hydrogens is 276 g/mol. The molecule has 1 heterocycles. The first kappa shape index (κ1) is 13.5. The van der Waals surface area contributed by atoms with Crippen LogP contribution < -0.4 is 0 Å². The van der Waals surface area contributed by atoms with Crippen molar-refractivity contribution in [3.63, 3.8) is 0 Å². The molecule has 1 spiro atoms. The number of carbonyl (C=O) groups excluding carboxylic acids is 2. The summed E-state index contributed by atoms with van der Waals surface area (Å²) in [6.07, 6.45) is 9.86. The third-order valence-corrected chi connectivity index (χ3v) is 8.22. The highest BCUT2D eigenvalue weighted by Crippen LogP contribution is 2.70. The minimum atomic E-state index is -0.212. The lowest BCUT2D eigenvalue weighted by Crippen LogP contribution is -2.56. The van der Waals surface area contributed by atoms with Gasteiger partial charge in [-0.3, -0.25) is 9.59 Å². The predicted octanol–water partition coefficient (Wildman–Crippen LogP) is 3.07. The van der Waals surface area contributed by atoms with Gasteiger partial charge < -0.3 is 4.74 Å². The van der Waals surface area contributed by atoms with Crippen molar-refractivity contribution in [3.8, 4) is 0 Å². The number of ketones is 2. The van der Waals surface area contributed by atoms with E-state index in [4.69, 9.17) is 4.74 Å². The Morgan fingerprint density at radius 2 is 1.91 bits per heavy atom. The molecule has 0 aromatic carbocycles. The van der Waals surface area contributed by atoms with Crippen molar-refractivity contribution < 1.29 is 14.3 Å². The quantitative estimate of drug-likeness (QED) is 0.646. The van der Waals surface area contributed by atoms with Crippen LogP contribution in [-0.2, 0) is 14.3 Å². The number of carbonyl (C=O) groups is 2. The van der Waals surface area contributed by atoms with E-state index in [0.717, 1.165) is 38.5 Å². The molecule has 5 aliphatic rings. The molecule has 0 unspecified atom stereocenters. The molecule has 3 heteroatoms. The second kappa shape index (κ2) is 3.75. The summed E-state index contributed by atoms with van der Waals surface area (Å²) in [6.45, 7) is 4.53. The third kappa shape index (κ3) is 1.26. The first-order valence-electron chi connectivity index (χ1n) is 8.87. The lowest BCUT2D eigenvalue weighted by molar-refractivity contribution is -0.134. The summed E-state index contributed by atoms with van der Waals surface area (Å²) in [6, 6.07) is 0. The highest BCUT2D eigenvalue weighted by atomic mass is 16.6. The fourth-order valence-electron chi connectivity index (χ4n) is 6.84. The zero-order valence-corrected chi connectivity index (χ0v) is 13.4. The molecule has 1 saturated heterocycles. The Bertz CT molecular complexity index is 622. The summed E-state index contributed by atoms with van der Waals surface area (Å²) >= 11 is 0. The molecule has 0 amide bonds. The molecule has 118 valence electrons. The molecule has 3 nitrogen and oxygen atoms in total. The SMILES string of the molecule is C[C@]12CC[C@H]3[C@@H](CC[C@]45O[C@H]4C(=O)C=C[C@]35C)[C@@H]1CCC2=O. The van der Waals surface area contributed by atoms with Crippen LogP contribution in [0.3, 0.4) is 0 Å². The van der Waals surface area contributed by atoms with Crippen molar-refractivity contribution in [2.24, 2.45) is 28.6 Å². The number of rotatable bonds is 0. The first-order chi connectivity index (χ1) is 10.4. The van der Waals surface area contributed by atoms with Crippen molar-refractivity contribution in [1.29, 1.82) is 0 Å². The van der Waals surface area contributed by atoms with Gasteiger partial charge in [-0.15, -0.1) is 0 Å². The van der Waals surface area contributed by atoms with Crippen LogP contribution in [0.25, 0.3) is 0 Å². The maximum Gasteiger partial charge on any atom is 0.187 e. The number of Topliss-reactive ketones (excluding diaryl/α,β-unsaturated/α-hetero) is 1. The van der Waals surface area contributed by atoms with Gasteiger partial charge in [0.05, 0.1) is 0 Å². The van der Waals surface area contributed by atoms with Crippen LogP contribution in [0.1, 0.15) is 52.4 Å². The molecule has 0 aromatic heterocycles. The number of epoxide rings is 1. The van der Waals surface area contributed by atoms with Gasteiger partial charge in [-0.2, -0.15) is 0 Å².